The van der Waals surface area contributed by atoms with E-state index in [2.05, 4.69) is 10.3 Å². The Hall–Kier alpha value is -2.65. The molecule has 1 saturated heterocycles. The van der Waals surface area contributed by atoms with Gasteiger partial charge in [0.1, 0.15) is 11.6 Å². The van der Waals surface area contributed by atoms with E-state index in [1.807, 2.05) is 0 Å². The SMILES string of the molecule is CCOC(=O)c1cn(C2CC(C(=O)O)N(C(=O)OC(C)(C)C)C2)nn1. The number of aromatic nitrogens is 3. The molecule has 0 aliphatic carbocycles. The van der Waals surface area contributed by atoms with E-state index < -0.39 is 35.7 Å². The van der Waals surface area contributed by atoms with Crippen LogP contribution in [0, 0.1) is 0 Å². The number of hydrogen-bond donors (Lipinski definition) is 1. The second kappa shape index (κ2) is 7.08. The van der Waals surface area contributed by atoms with E-state index in [1.165, 1.54) is 10.9 Å². The van der Waals surface area contributed by atoms with Gasteiger partial charge in [0, 0.05) is 13.0 Å². The molecule has 0 bridgehead atoms. The summed E-state index contributed by atoms with van der Waals surface area (Å²) in [6.45, 7) is 7.10. The average Bonchev–Trinajstić information content (AvgIpc) is 3.12. The summed E-state index contributed by atoms with van der Waals surface area (Å²) in [5.41, 5.74) is -0.702. The molecule has 0 radical (unpaired) electrons. The number of carbonyl (C=O) groups is 3. The molecule has 2 rings (SSSR count). The van der Waals surface area contributed by atoms with Crippen molar-refractivity contribution < 1.29 is 29.0 Å². The normalized spacial score (nSPS) is 20.4. The van der Waals surface area contributed by atoms with E-state index in [-0.39, 0.29) is 25.3 Å². The lowest BCUT2D eigenvalue weighted by Gasteiger charge is -2.26. The fraction of sp³-hybridized carbons (Fsp3) is 0.667. The molecule has 1 aliphatic heterocycles. The van der Waals surface area contributed by atoms with E-state index in [0.717, 1.165) is 4.90 Å². The first-order valence-electron chi connectivity index (χ1n) is 7.93. The highest BCUT2D eigenvalue weighted by atomic mass is 16.6. The number of amides is 1. The molecule has 2 unspecified atom stereocenters. The Morgan fingerprint density at radius 1 is 1.36 bits per heavy atom. The summed E-state index contributed by atoms with van der Waals surface area (Å²) in [7, 11) is 0. The zero-order chi connectivity index (χ0) is 18.8. The highest BCUT2D eigenvalue weighted by Crippen LogP contribution is 2.28. The quantitative estimate of drug-likeness (QED) is 0.797. The maximum absolute atomic E-state index is 12.3. The highest BCUT2D eigenvalue weighted by Gasteiger charge is 2.42. The Morgan fingerprint density at radius 2 is 2.04 bits per heavy atom. The largest absolute Gasteiger partial charge is 0.480 e. The number of aliphatic carboxylic acids is 1. The van der Waals surface area contributed by atoms with Gasteiger partial charge in [0.05, 0.1) is 18.8 Å². The fourth-order valence-electron chi connectivity index (χ4n) is 2.52. The van der Waals surface area contributed by atoms with Crippen LogP contribution in [0.1, 0.15) is 50.6 Å². The minimum absolute atomic E-state index is 0.0319. The lowest BCUT2D eigenvalue weighted by molar-refractivity contribution is -0.142. The number of ether oxygens (including phenoxy) is 2. The van der Waals surface area contributed by atoms with E-state index in [4.69, 9.17) is 9.47 Å². The third-order valence-corrected chi connectivity index (χ3v) is 3.56. The van der Waals surface area contributed by atoms with Crippen molar-refractivity contribution in [2.75, 3.05) is 13.2 Å². The molecule has 1 fully saturated rings. The molecule has 1 N–H and O–H groups in total. The van der Waals surface area contributed by atoms with E-state index >= 15 is 0 Å². The predicted octanol–water partition coefficient (Wildman–Crippen LogP) is 1.09. The molecule has 0 saturated carbocycles. The summed E-state index contributed by atoms with van der Waals surface area (Å²) in [6, 6.07) is -1.46. The second-order valence-electron chi connectivity index (χ2n) is 6.68. The average molecular weight is 354 g/mol. The molecule has 10 heteroatoms. The van der Waals surface area contributed by atoms with Gasteiger partial charge in [-0.15, -0.1) is 5.10 Å². The van der Waals surface area contributed by atoms with Crippen LogP contribution in [0.25, 0.3) is 0 Å². The Labute approximate surface area is 144 Å². The lowest BCUT2D eigenvalue weighted by Crippen LogP contribution is -2.43. The zero-order valence-corrected chi connectivity index (χ0v) is 14.6. The van der Waals surface area contributed by atoms with Crippen LogP contribution in [-0.4, -0.2) is 67.8 Å². The third kappa shape index (κ3) is 4.46. The van der Waals surface area contributed by atoms with Crippen LogP contribution in [0.2, 0.25) is 0 Å². The van der Waals surface area contributed by atoms with Gasteiger partial charge in [0.2, 0.25) is 0 Å². The minimum atomic E-state index is -1.13. The first-order chi connectivity index (χ1) is 11.6. The zero-order valence-electron chi connectivity index (χ0n) is 14.6. The van der Waals surface area contributed by atoms with Crippen molar-refractivity contribution in [1.29, 1.82) is 0 Å². The smallest absolute Gasteiger partial charge is 0.411 e. The van der Waals surface area contributed by atoms with Gasteiger partial charge in [-0.1, -0.05) is 5.21 Å². The Bertz CT molecular complexity index is 665. The summed E-state index contributed by atoms with van der Waals surface area (Å²) >= 11 is 0. The van der Waals surface area contributed by atoms with Gasteiger partial charge in [0.25, 0.3) is 0 Å². The van der Waals surface area contributed by atoms with Gasteiger partial charge in [0.15, 0.2) is 5.69 Å². The molecule has 0 aromatic carbocycles. The molecule has 2 heterocycles. The molecule has 1 aromatic rings. The number of carbonyl (C=O) groups excluding carboxylic acids is 2. The van der Waals surface area contributed by atoms with Crippen molar-refractivity contribution in [2.45, 2.75) is 51.8 Å². The van der Waals surface area contributed by atoms with Gasteiger partial charge in [-0.3, -0.25) is 4.90 Å². The summed E-state index contributed by atoms with van der Waals surface area (Å²) in [5.74, 6) is -1.73. The first kappa shape index (κ1) is 18.7. The van der Waals surface area contributed by atoms with Crippen molar-refractivity contribution in [2.24, 2.45) is 0 Å². The van der Waals surface area contributed by atoms with E-state index in [0.29, 0.717) is 0 Å². The Balaban J connectivity index is 2.15. The third-order valence-electron chi connectivity index (χ3n) is 3.56. The lowest BCUT2D eigenvalue weighted by atomic mass is 10.2. The van der Waals surface area contributed by atoms with Gasteiger partial charge in [-0.05, 0) is 27.7 Å². The molecule has 1 amide bonds. The number of rotatable bonds is 4. The molecule has 10 nitrogen and oxygen atoms in total. The summed E-state index contributed by atoms with van der Waals surface area (Å²) < 4.78 is 11.5. The van der Waals surface area contributed by atoms with Crippen molar-refractivity contribution in [1.82, 2.24) is 19.9 Å². The van der Waals surface area contributed by atoms with Crippen molar-refractivity contribution in [3.05, 3.63) is 11.9 Å². The van der Waals surface area contributed by atoms with Gasteiger partial charge in [-0.2, -0.15) is 0 Å². The van der Waals surface area contributed by atoms with Crippen molar-refractivity contribution in [3.63, 3.8) is 0 Å². The van der Waals surface area contributed by atoms with E-state index in [9.17, 15) is 19.5 Å². The topological polar surface area (TPSA) is 124 Å². The van der Waals surface area contributed by atoms with Gasteiger partial charge >= 0.3 is 18.0 Å². The van der Waals surface area contributed by atoms with Gasteiger partial charge < -0.3 is 14.6 Å². The van der Waals surface area contributed by atoms with Crippen LogP contribution in [0.4, 0.5) is 4.79 Å². The number of carboxylic acid groups (broad SMARTS) is 1. The van der Waals surface area contributed by atoms with Crippen molar-refractivity contribution >= 4 is 18.0 Å². The molecule has 1 aliphatic rings. The minimum Gasteiger partial charge on any atom is -0.480 e. The summed E-state index contributed by atoms with van der Waals surface area (Å²) in [5, 5.41) is 17.0. The van der Waals surface area contributed by atoms with Crippen molar-refractivity contribution in [3.8, 4) is 0 Å². The molecule has 2 atom stereocenters. The summed E-state index contributed by atoms with van der Waals surface area (Å²) in [6.07, 6.45) is 0.827. The number of hydrogen-bond acceptors (Lipinski definition) is 7. The van der Waals surface area contributed by atoms with Crippen LogP contribution in [0.15, 0.2) is 6.20 Å². The predicted molar refractivity (Wildman–Crippen MR) is 84.0 cm³/mol. The Morgan fingerprint density at radius 3 is 2.60 bits per heavy atom. The molecule has 0 spiro atoms. The number of carboxylic acids is 1. The first-order valence-corrected chi connectivity index (χ1v) is 7.93. The molecule has 138 valence electrons. The maximum atomic E-state index is 12.3. The highest BCUT2D eigenvalue weighted by molar-refractivity contribution is 5.86. The van der Waals surface area contributed by atoms with Crippen LogP contribution in [0.5, 0.6) is 0 Å². The van der Waals surface area contributed by atoms with Crippen LogP contribution in [0.3, 0.4) is 0 Å². The number of esters is 1. The Kier molecular flexibility index (Phi) is 5.29. The molecular weight excluding hydrogens is 332 g/mol. The molecule has 25 heavy (non-hydrogen) atoms. The number of likely N-dealkylation sites (tertiary alicyclic amines) is 1. The van der Waals surface area contributed by atoms with Gasteiger partial charge in [-0.25, -0.2) is 19.1 Å². The van der Waals surface area contributed by atoms with E-state index in [1.54, 1.807) is 27.7 Å². The second-order valence-corrected chi connectivity index (χ2v) is 6.68. The number of nitrogens with zero attached hydrogens (tertiary/aromatic N) is 4. The molecule has 1 aromatic heterocycles. The standard InChI is InChI=1S/C15H22N4O6/c1-5-24-13(22)10-8-19(17-16-10)9-6-11(12(20)21)18(7-9)14(23)25-15(2,3)4/h8-9,11H,5-7H2,1-4H3,(H,20,21). The summed E-state index contributed by atoms with van der Waals surface area (Å²) in [4.78, 5) is 36.6. The molecular formula is C15H22N4O6. The van der Waals surface area contributed by atoms with Crippen LogP contribution < -0.4 is 0 Å². The maximum Gasteiger partial charge on any atom is 0.411 e. The monoisotopic (exact) mass is 354 g/mol. The van der Waals surface area contributed by atoms with Crippen LogP contribution in [-0.2, 0) is 14.3 Å². The van der Waals surface area contributed by atoms with Crippen LogP contribution >= 0.6 is 0 Å². The fourth-order valence-corrected chi connectivity index (χ4v) is 2.52.